The highest BCUT2D eigenvalue weighted by Crippen LogP contribution is 2.39. The molecule has 4 aromatic carbocycles. The predicted molar refractivity (Wildman–Crippen MR) is 194 cm³/mol. The second-order valence-electron chi connectivity index (χ2n) is 10.4. The van der Waals surface area contributed by atoms with Crippen molar-refractivity contribution >= 4 is 109 Å². The number of benzene rings is 4. The molecule has 0 atom stereocenters. The van der Waals surface area contributed by atoms with Gasteiger partial charge in [0.2, 0.25) is 0 Å². The molecule has 0 fully saturated rings. The monoisotopic (exact) mass is 902 g/mol. The number of nitrogen functional groups attached to an aromatic ring is 2. The van der Waals surface area contributed by atoms with Gasteiger partial charge < -0.3 is 11.5 Å². The zero-order chi connectivity index (χ0) is 41.3. The van der Waals surface area contributed by atoms with E-state index in [9.17, 15) is 42.8 Å². The first-order valence-corrected chi connectivity index (χ1v) is 22.0. The van der Waals surface area contributed by atoms with Crippen LogP contribution in [-0.2, 0) is 67.0 Å². The Balaban J connectivity index is 1.65. The number of azo groups is 2. The van der Waals surface area contributed by atoms with E-state index in [0.717, 1.165) is 48.5 Å². The first-order valence-electron chi connectivity index (χ1n) is 14.4. The molecule has 30 heteroatoms. The third kappa shape index (κ3) is 11.8. The number of rotatable bonds is 20. The van der Waals surface area contributed by atoms with Crippen LogP contribution in [0.5, 0.6) is 0 Å². The van der Waals surface area contributed by atoms with Gasteiger partial charge in [-0.05, 0) is 53.9 Å². The van der Waals surface area contributed by atoms with Gasteiger partial charge in [-0.1, -0.05) is 22.2 Å². The summed E-state index contributed by atoms with van der Waals surface area (Å²) < 4.78 is 138. The molecule has 0 radical (unpaired) electrons. The fourth-order valence-corrected chi connectivity index (χ4v) is 8.88. The van der Waals surface area contributed by atoms with Crippen LogP contribution in [0.25, 0.3) is 10.8 Å². The molecule has 0 heterocycles. The second kappa shape index (κ2) is 19.0. The highest BCUT2D eigenvalue weighted by Gasteiger charge is 2.24. The van der Waals surface area contributed by atoms with Gasteiger partial charge in [0, 0.05) is 5.39 Å². The molecule has 0 bridgehead atoms. The molecular weight excluding hydrogens is 877 g/mol. The number of nitrogens with two attached hydrogens (primary N) is 2. The number of hydrogen-bond donors (Lipinski definition) is 6. The van der Waals surface area contributed by atoms with Gasteiger partial charge in [-0.2, -0.15) is 16.8 Å². The van der Waals surface area contributed by atoms with Gasteiger partial charge in [0.05, 0.1) is 45.9 Å². The van der Waals surface area contributed by atoms with Gasteiger partial charge in [0.15, 0.2) is 44.3 Å². The molecule has 4 aromatic rings. The Morgan fingerprint density at radius 3 is 1.57 bits per heavy atom. The molecule has 304 valence electrons. The molecule has 0 spiro atoms. The molecule has 56 heavy (non-hydrogen) atoms. The molecule has 4 rings (SSSR count). The van der Waals surface area contributed by atoms with Crippen molar-refractivity contribution < 1.29 is 80.4 Å². The molecular formula is C26H26N6O18S6. The molecule has 0 saturated carbocycles. The summed E-state index contributed by atoms with van der Waals surface area (Å²) in [7, 11) is -18.3. The van der Waals surface area contributed by atoms with E-state index in [1.807, 2.05) is 0 Å². The fraction of sp³-hybridized carbons (Fsp3) is 0.154. The van der Waals surface area contributed by atoms with Crippen LogP contribution in [0.3, 0.4) is 0 Å². The summed E-state index contributed by atoms with van der Waals surface area (Å²) in [6.07, 6.45) is 0. The quantitative estimate of drug-likeness (QED) is 0.0131. The van der Waals surface area contributed by atoms with Crippen LogP contribution >= 0.6 is 24.6 Å². The third-order valence-electron chi connectivity index (χ3n) is 6.90. The lowest BCUT2D eigenvalue weighted by Gasteiger charge is -2.10. The topological polar surface area (TPSA) is 374 Å². The largest absolute Gasteiger partial charge is 0.397 e. The molecule has 0 saturated heterocycles. The minimum absolute atomic E-state index is 0.0718. The maximum atomic E-state index is 12.8. The van der Waals surface area contributed by atoms with Crippen LogP contribution in [0.4, 0.5) is 34.1 Å². The predicted octanol–water partition coefficient (Wildman–Crippen LogP) is 4.88. The third-order valence-corrected chi connectivity index (χ3v) is 12.8. The van der Waals surface area contributed by atoms with Gasteiger partial charge in [0.1, 0.15) is 32.5 Å². The van der Waals surface area contributed by atoms with Crippen LogP contribution < -0.4 is 11.5 Å². The van der Waals surface area contributed by atoms with Crippen molar-refractivity contribution in [3.63, 3.8) is 0 Å². The van der Waals surface area contributed by atoms with Crippen molar-refractivity contribution in [2.45, 2.75) is 19.6 Å². The number of anilines is 2. The van der Waals surface area contributed by atoms with E-state index in [4.69, 9.17) is 30.3 Å². The van der Waals surface area contributed by atoms with Gasteiger partial charge in [0.25, 0.3) is 20.2 Å². The lowest BCUT2D eigenvalue weighted by atomic mass is 10.1. The second-order valence-corrected chi connectivity index (χ2v) is 18.4. The van der Waals surface area contributed by atoms with E-state index in [-0.39, 0.29) is 69.7 Å². The number of sulfone groups is 2. The van der Waals surface area contributed by atoms with Gasteiger partial charge >= 0.3 is 0 Å². The molecule has 0 aliphatic rings. The molecule has 0 unspecified atom stereocenters. The Morgan fingerprint density at radius 1 is 0.571 bits per heavy atom. The first-order chi connectivity index (χ1) is 26.3. The maximum absolute atomic E-state index is 12.8. The van der Waals surface area contributed by atoms with Crippen molar-refractivity contribution in [1.82, 2.24) is 0 Å². The zero-order valence-electron chi connectivity index (χ0n) is 27.5. The van der Waals surface area contributed by atoms with Crippen LogP contribution in [0.2, 0.25) is 0 Å². The molecule has 8 N–H and O–H groups in total. The van der Waals surface area contributed by atoms with E-state index in [1.54, 1.807) is 0 Å². The first kappa shape index (κ1) is 44.8. The van der Waals surface area contributed by atoms with E-state index in [1.165, 1.54) is 6.07 Å². The summed E-state index contributed by atoms with van der Waals surface area (Å²) in [5.74, 6) is -1.23. The summed E-state index contributed by atoms with van der Waals surface area (Å²) in [6.45, 7) is -0.871. The summed E-state index contributed by atoms with van der Waals surface area (Å²) in [5.41, 5.74) is 10.5. The van der Waals surface area contributed by atoms with Gasteiger partial charge in [-0.3, -0.25) is 17.5 Å². The Kier molecular flexibility index (Phi) is 15.2. The molecule has 0 amide bonds. The van der Waals surface area contributed by atoms with Crippen molar-refractivity contribution in [2.24, 2.45) is 20.5 Å². The summed E-state index contributed by atoms with van der Waals surface area (Å²) in [4.78, 5) is -2.46. The van der Waals surface area contributed by atoms with Crippen LogP contribution in [0, 0.1) is 0 Å². The Bertz CT molecular complexity index is 2590. The molecule has 0 aromatic heterocycles. The van der Waals surface area contributed by atoms with Crippen LogP contribution in [0.1, 0.15) is 0 Å². The number of fused-ring (bicyclic) bond motifs is 1. The minimum Gasteiger partial charge on any atom is -0.397 e. The smallest absolute Gasteiger partial charge is 0.297 e. The van der Waals surface area contributed by atoms with Crippen molar-refractivity contribution in [2.75, 3.05) is 36.2 Å². The fourth-order valence-electron chi connectivity index (χ4n) is 4.44. The average molecular weight is 903 g/mol. The summed E-state index contributed by atoms with van der Waals surface area (Å²) in [6, 6.07) is 10.6. The minimum atomic E-state index is -5.09. The molecule has 0 aliphatic heterocycles. The van der Waals surface area contributed by atoms with Gasteiger partial charge in [-0.15, -0.1) is 29.1 Å². The van der Waals surface area contributed by atoms with Crippen molar-refractivity contribution in [1.29, 1.82) is 0 Å². The highest BCUT2D eigenvalue weighted by molar-refractivity contribution is 7.92. The van der Waals surface area contributed by atoms with Crippen LogP contribution in [0.15, 0.2) is 101 Å². The average Bonchev–Trinajstić information content (AvgIpc) is 3.12. The maximum Gasteiger partial charge on any atom is 0.297 e. The zero-order valence-corrected chi connectivity index (χ0v) is 32.4. The Labute approximate surface area is 325 Å². The van der Waals surface area contributed by atoms with E-state index >= 15 is 0 Å². The Morgan fingerprint density at radius 2 is 1.05 bits per heavy atom. The lowest BCUT2D eigenvalue weighted by molar-refractivity contribution is -0.434. The van der Waals surface area contributed by atoms with Gasteiger partial charge in [-0.25, -0.2) is 27.4 Å². The highest BCUT2D eigenvalue weighted by atomic mass is 32.2. The van der Waals surface area contributed by atoms with Crippen molar-refractivity contribution in [3.05, 3.63) is 60.7 Å². The lowest BCUT2D eigenvalue weighted by Crippen LogP contribution is -2.12. The normalized spacial score (nSPS) is 13.0. The van der Waals surface area contributed by atoms with E-state index < -0.39 is 84.1 Å². The molecule has 24 nitrogen and oxygen atoms in total. The standard InChI is InChI=1S/C26H26N6O18S6/c27-19-13-20(28)24(14-23(19)31-29-21-6-3-17(12-25(21)55(39,40)41)54(37,38)10-8-46-52-50-48-34)32-30-22-5-1-15-11-16(2-4-18(15)26(22)56(42,43)44)53(35,36)9-7-45-51-49-47-33/h1-6,11-14,33-34H,7-10,27-28H2,(H,39,40,41)(H,42,43,44). The molecule has 0 aliphatic carbocycles. The summed E-state index contributed by atoms with van der Waals surface area (Å²) >= 11 is 0.297. The van der Waals surface area contributed by atoms with E-state index in [2.05, 4.69) is 39.2 Å². The number of hydrogen-bond acceptors (Lipinski definition) is 24. The van der Waals surface area contributed by atoms with Crippen molar-refractivity contribution in [3.8, 4) is 0 Å². The van der Waals surface area contributed by atoms with E-state index in [0.29, 0.717) is 6.07 Å². The van der Waals surface area contributed by atoms with Crippen LogP contribution in [-0.4, -0.2) is 78.0 Å². The summed E-state index contributed by atoms with van der Waals surface area (Å²) in [5, 5.41) is 38.2. The Hall–Kier alpha value is -3.96. The number of nitrogens with zero attached hydrogens (tertiary/aromatic N) is 4. The SMILES string of the molecule is Nc1cc(N)c(N=Nc2ccc3cc(S(=O)(=O)CCOSOOO)ccc3c2S(=O)(=O)O)cc1N=Nc1ccc(S(=O)(=O)CCOSOOO)cc1S(=O)(=O)O.